The molecule has 0 aliphatic carbocycles. The van der Waals surface area contributed by atoms with Crippen LogP contribution in [0.4, 0.5) is 15.9 Å². The summed E-state index contributed by atoms with van der Waals surface area (Å²) in [4.78, 5) is 24.0. The highest BCUT2D eigenvalue weighted by atomic mass is 35.5. The predicted molar refractivity (Wildman–Crippen MR) is 123 cm³/mol. The van der Waals surface area contributed by atoms with Gasteiger partial charge >= 0.3 is 0 Å². The lowest BCUT2D eigenvalue weighted by Gasteiger charge is -2.35. The molecule has 3 N–H and O–H groups in total. The molecule has 1 fully saturated rings. The van der Waals surface area contributed by atoms with E-state index in [0.717, 1.165) is 37.0 Å². The smallest absolute Gasteiger partial charge is 0.243 e. The summed E-state index contributed by atoms with van der Waals surface area (Å²) in [5.74, 6) is 0.308. The first-order valence-corrected chi connectivity index (χ1v) is 11.2. The van der Waals surface area contributed by atoms with Gasteiger partial charge in [-0.15, -0.1) is 0 Å². The standard InChI is InChI=1S/C22H27ClFN7O/c1-3-13(2)19(28-17-8-14(23)7-15(24)9-17)22(32)29-16-5-4-6-31(11-16)21-18-10-27-30-20(18)25-12-26-21/h7-10,12-13,16,19,28H,3-6,11H2,1-2H3,(H,29,32)(H,25,26,27,30)/t13-,16+,19+/m0/s1. The number of fused-ring (bicyclic) bond motifs is 1. The number of piperidine rings is 1. The summed E-state index contributed by atoms with van der Waals surface area (Å²) in [6, 6.07) is 3.68. The number of H-pyrrole nitrogens is 1. The second-order valence-electron chi connectivity index (χ2n) is 8.29. The summed E-state index contributed by atoms with van der Waals surface area (Å²) >= 11 is 5.99. The largest absolute Gasteiger partial charge is 0.373 e. The molecule has 1 aliphatic heterocycles. The lowest BCUT2D eigenvalue weighted by atomic mass is 9.96. The molecule has 0 radical (unpaired) electrons. The highest BCUT2D eigenvalue weighted by molar-refractivity contribution is 6.30. The number of aromatic amines is 1. The Labute approximate surface area is 191 Å². The molecular weight excluding hydrogens is 433 g/mol. The Kier molecular flexibility index (Phi) is 6.74. The van der Waals surface area contributed by atoms with Gasteiger partial charge in [-0.25, -0.2) is 14.4 Å². The molecule has 1 saturated heterocycles. The van der Waals surface area contributed by atoms with Gasteiger partial charge in [0.25, 0.3) is 0 Å². The van der Waals surface area contributed by atoms with Crippen molar-refractivity contribution >= 4 is 40.0 Å². The molecule has 8 nitrogen and oxygen atoms in total. The molecule has 1 aliphatic rings. The maximum Gasteiger partial charge on any atom is 0.243 e. The first kappa shape index (κ1) is 22.3. The summed E-state index contributed by atoms with van der Waals surface area (Å²) in [6.45, 7) is 5.52. The summed E-state index contributed by atoms with van der Waals surface area (Å²) < 4.78 is 13.8. The van der Waals surface area contributed by atoms with Gasteiger partial charge < -0.3 is 15.5 Å². The minimum atomic E-state index is -0.507. The first-order valence-electron chi connectivity index (χ1n) is 10.9. The van der Waals surface area contributed by atoms with Gasteiger partial charge in [0.1, 0.15) is 24.0 Å². The number of anilines is 2. The number of nitrogens with one attached hydrogen (secondary N) is 3. The molecule has 4 rings (SSSR count). The Morgan fingerprint density at radius 1 is 1.38 bits per heavy atom. The summed E-state index contributed by atoms with van der Waals surface area (Å²) in [6.07, 6.45) is 5.84. The van der Waals surface area contributed by atoms with Crippen LogP contribution in [0.3, 0.4) is 0 Å². The molecule has 3 heterocycles. The lowest BCUT2D eigenvalue weighted by molar-refractivity contribution is -0.123. The van der Waals surface area contributed by atoms with Crippen molar-refractivity contribution in [1.82, 2.24) is 25.5 Å². The molecule has 2 aromatic heterocycles. The van der Waals surface area contributed by atoms with Crippen LogP contribution in [-0.2, 0) is 4.79 Å². The third-order valence-electron chi connectivity index (χ3n) is 5.97. The zero-order valence-corrected chi connectivity index (χ0v) is 18.9. The molecule has 170 valence electrons. The van der Waals surface area contributed by atoms with E-state index in [-0.39, 0.29) is 22.9 Å². The molecule has 0 bridgehead atoms. The van der Waals surface area contributed by atoms with Crippen LogP contribution in [-0.4, -0.2) is 51.2 Å². The van der Waals surface area contributed by atoms with Gasteiger partial charge in [0.2, 0.25) is 5.91 Å². The van der Waals surface area contributed by atoms with Gasteiger partial charge in [-0.1, -0.05) is 31.9 Å². The zero-order valence-electron chi connectivity index (χ0n) is 18.1. The van der Waals surface area contributed by atoms with Gasteiger partial charge in [0.15, 0.2) is 5.65 Å². The van der Waals surface area contributed by atoms with Crippen LogP contribution in [0.2, 0.25) is 5.02 Å². The number of hydrogen-bond acceptors (Lipinski definition) is 6. The Hall–Kier alpha value is -2.94. The number of carbonyl (C=O) groups excluding carboxylic acids is 1. The maximum absolute atomic E-state index is 13.8. The highest BCUT2D eigenvalue weighted by Crippen LogP contribution is 2.25. The van der Waals surface area contributed by atoms with Crippen LogP contribution in [0, 0.1) is 11.7 Å². The molecular formula is C22H27ClFN7O. The van der Waals surface area contributed by atoms with Crippen molar-refractivity contribution in [2.75, 3.05) is 23.3 Å². The van der Waals surface area contributed by atoms with Crippen molar-refractivity contribution in [1.29, 1.82) is 0 Å². The van der Waals surface area contributed by atoms with Crippen LogP contribution >= 0.6 is 11.6 Å². The minimum Gasteiger partial charge on any atom is -0.373 e. The van der Waals surface area contributed by atoms with E-state index >= 15 is 0 Å². The number of hydrogen-bond donors (Lipinski definition) is 3. The average molecular weight is 460 g/mol. The third-order valence-corrected chi connectivity index (χ3v) is 6.19. The second kappa shape index (κ2) is 9.68. The zero-order chi connectivity index (χ0) is 22.7. The van der Waals surface area contributed by atoms with Gasteiger partial charge in [-0.3, -0.25) is 9.89 Å². The van der Waals surface area contributed by atoms with Crippen LogP contribution in [0.5, 0.6) is 0 Å². The number of benzene rings is 1. The summed E-state index contributed by atoms with van der Waals surface area (Å²) in [5.41, 5.74) is 1.18. The van der Waals surface area contributed by atoms with E-state index in [0.29, 0.717) is 17.9 Å². The molecule has 1 aromatic carbocycles. The van der Waals surface area contributed by atoms with E-state index < -0.39 is 11.9 Å². The molecule has 0 spiro atoms. The fourth-order valence-corrected chi connectivity index (χ4v) is 4.32. The molecule has 0 saturated carbocycles. The first-order chi connectivity index (χ1) is 15.4. The molecule has 1 amide bonds. The van der Waals surface area contributed by atoms with E-state index in [1.54, 1.807) is 12.3 Å². The Morgan fingerprint density at radius 3 is 3.00 bits per heavy atom. The molecule has 32 heavy (non-hydrogen) atoms. The number of halogens is 2. The molecule has 0 unspecified atom stereocenters. The van der Waals surface area contributed by atoms with E-state index in [2.05, 4.69) is 35.7 Å². The van der Waals surface area contributed by atoms with E-state index in [4.69, 9.17) is 11.6 Å². The van der Waals surface area contributed by atoms with Crippen LogP contribution in [0.25, 0.3) is 11.0 Å². The van der Waals surface area contributed by atoms with Crippen molar-refractivity contribution in [3.63, 3.8) is 0 Å². The van der Waals surface area contributed by atoms with Crippen LogP contribution in [0.1, 0.15) is 33.1 Å². The topological polar surface area (TPSA) is 98.8 Å². The van der Waals surface area contributed by atoms with Gasteiger partial charge in [-0.05, 0) is 37.0 Å². The number of aromatic nitrogens is 4. The second-order valence-corrected chi connectivity index (χ2v) is 8.73. The van der Waals surface area contributed by atoms with Crippen molar-refractivity contribution in [3.8, 4) is 0 Å². The van der Waals surface area contributed by atoms with Crippen LogP contribution in [0.15, 0.2) is 30.7 Å². The highest BCUT2D eigenvalue weighted by Gasteiger charge is 2.29. The maximum atomic E-state index is 13.8. The van der Waals surface area contributed by atoms with Gasteiger partial charge in [0.05, 0.1) is 11.6 Å². The fourth-order valence-electron chi connectivity index (χ4n) is 4.10. The average Bonchev–Trinajstić information content (AvgIpc) is 3.25. The lowest BCUT2D eigenvalue weighted by Crippen LogP contribution is -2.53. The van der Waals surface area contributed by atoms with Gasteiger partial charge in [-0.2, -0.15) is 5.10 Å². The third kappa shape index (κ3) is 4.93. The summed E-state index contributed by atoms with van der Waals surface area (Å²) in [5, 5.41) is 14.4. The Morgan fingerprint density at radius 2 is 2.22 bits per heavy atom. The predicted octanol–water partition coefficient (Wildman–Crippen LogP) is 3.76. The van der Waals surface area contributed by atoms with Crippen molar-refractivity contribution < 1.29 is 9.18 Å². The monoisotopic (exact) mass is 459 g/mol. The van der Waals surface area contributed by atoms with E-state index in [1.165, 1.54) is 18.5 Å². The number of rotatable bonds is 7. The Bertz CT molecular complexity index is 1070. The summed E-state index contributed by atoms with van der Waals surface area (Å²) in [7, 11) is 0. The molecule has 3 aromatic rings. The number of carbonyl (C=O) groups is 1. The quantitative estimate of drug-likeness (QED) is 0.497. The minimum absolute atomic E-state index is 0.0300. The fraction of sp³-hybridized carbons (Fsp3) is 0.455. The SMILES string of the molecule is CC[C@H](C)[C@@H](Nc1cc(F)cc(Cl)c1)C(=O)N[C@@H]1CCCN(c2ncnc3[nH]ncc23)C1. The molecule has 3 atom stereocenters. The normalized spacial score (nSPS) is 18.4. The van der Waals surface area contributed by atoms with E-state index in [9.17, 15) is 9.18 Å². The van der Waals surface area contributed by atoms with Crippen molar-refractivity contribution in [2.24, 2.45) is 5.92 Å². The number of amides is 1. The van der Waals surface area contributed by atoms with Crippen molar-refractivity contribution in [2.45, 2.75) is 45.2 Å². The number of nitrogens with zero attached hydrogens (tertiary/aromatic N) is 4. The Balaban J connectivity index is 1.47. The van der Waals surface area contributed by atoms with Crippen molar-refractivity contribution in [3.05, 3.63) is 41.6 Å². The van der Waals surface area contributed by atoms with Gasteiger partial charge in [0, 0.05) is 29.8 Å². The molecule has 10 heteroatoms. The van der Waals surface area contributed by atoms with E-state index in [1.807, 2.05) is 13.8 Å². The van der Waals surface area contributed by atoms with Crippen LogP contribution < -0.4 is 15.5 Å².